The van der Waals surface area contributed by atoms with Crippen LogP contribution in [0, 0.1) is 5.92 Å². The summed E-state index contributed by atoms with van der Waals surface area (Å²) in [6, 6.07) is 0. The van der Waals surface area contributed by atoms with Crippen molar-refractivity contribution in [1.82, 2.24) is 0 Å². The summed E-state index contributed by atoms with van der Waals surface area (Å²) in [5.74, 6) is -1.58. The first-order chi connectivity index (χ1) is 3.18. The van der Waals surface area contributed by atoms with Crippen LogP contribution in [0.25, 0.3) is 0 Å². The number of carboxylic acid groups (broad SMARTS) is 1. The summed E-state index contributed by atoms with van der Waals surface area (Å²) < 4.78 is 0. The van der Waals surface area contributed by atoms with E-state index in [1.165, 1.54) is 6.92 Å². The molecule has 4 heteroatoms. The molecule has 1 atom stereocenters. The number of aliphatic hydroxyl groups excluding tert-OH is 1. The van der Waals surface area contributed by atoms with E-state index >= 15 is 0 Å². The Kier molecular flexibility index (Phi) is 7.83. The number of aliphatic hydroxyl groups is 1. The summed E-state index contributed by atoms with van der Waals surface area (Å²) in [5.41, 5.74) is 0. The SMILES string of the molecule is C[C@H](CO)C(=O)O.[Na]. The molecular formula is C4H8NaO3. The summed E-state index contributed by atoms with van der Waals surface area (Å²) in [6.07, 6.45) is 0. The Morgan fingerprint density at radius 3 is 2.12 bits per heavy atom. The summed E-state index contributed by atoms with van der Waals surface area (Å²) in [4.78, 5) is 9.77. The van der Waals surface area contributed by atoms with Gasteiger partial charge in [-0.15, -0.1) is 0 Å². The van der Waals surface area contributed by atoms with Crippen LogP contribution in [-0.2, 0) is 4.79 Å². The van der Waals surface area contributed by atoms with E-state index in [-0.39, 0.29) is 36.2 Å². The quantitative estimate of drug-likeness (QED) is 0.483. The zero-order valence-electron chi connectivity index (χ0n) is 5.09. The summed E-state index contributed by atoms with van der Waals surface area (Å²) in [7, 11) is 0. The van der Waals surface area contributed by atoms with Gasteiger partial charge in [-0.3, -0.25) is 4.79 Å². The monoisotopic (exact) mass is 127 g/mol. The van der Waals surface area contributed by atoms with Crippen LogP contribution in [0.15, 0.2) is 0 Å². The van der Waals surface area contributed by atoms with E-state index in [0.29, 0.717) is 0 Å². The molecule has 3 nitrogen and oxygen atoms in total. The van der Waals surface area contributed by atoms with E-state index in [2.05, 4.69) is 0 Å². The fraction of sp³-hybridized carbons (Fsp3) is 0.750. The fourth-order valence-electron chi connectivity index (χ4n) is 0.0781. The zero-order chi connectivity index (χ0) is 5.86. The van der Waals surface area contributed by atoms with Crippen molar-refractivity contribution in [2.24, 2.45) is 5.92 Å². The normalized spacial score (nSPS) is 11.8. The third-order valence-electron chi connectivity index (χ3n) is 0.695. The van der Waals surface area contributed by atoms with Gasteiger partial charge >= 0.3 is 5.97 Å². The van der Waals surface area contributed by atoms with Crippen LogP contribution in [-0.4, -0.2) is 52.3 Å². The minimum absolute atomic E-state index is 0. The zero-order valence-corrected chi connectivity index (χ0v) is 7.09. The van der Waals surface area contributed by atoms with Crippen molar-refractivity contribution in [1.29, 1.82) is 0 Å². The van der Waals surface area contributed by atoms with E-state index in [9.17, 15) is 4.79 Å². The summed E-state index contributed by atoms with van der Waals surface area (Å²) in [5, 5.41) is 16.1. The summed E-state index contributed by atoms with van der Waals surface area (Å²) >= 11 is 0. The first-order valence-corrected chi connectivity index (χ1v) is 2.02. The van der Waals surface area contributed by atoms with Gasteiger partial charge in [-0.25, -0.2) is 0 Å². The van der Waals surface area contributed by atoms with Gasteiger partial charge in [-0.05, 0) is 6.92 Å². The van der Waals surface area contributed by atoms with E-state index in [1.807, 2.05) is 0 Å². The molecule has 0 amide bonds. The molecule has 0 aromatic carbocycles. The fourth-order valence-corrected chi connectivity index (χ4v) is 0.0781. The van der Waals surface area contributed by atoms with Crippen LogP contribution in [0.1, 0.15) is 6.92 Å². The molecule has 0 heterocycles. The average Bonchev–Trinajstić information content (AvgIpc) is 1.65. The third kappa shape index (κ3) is 4.59. The van der Waals surface area contributed by atoms with Crippen molar-refractivity contribution in [3.8, 4) is 0 Å². The molecule has 8 heavy (non-hydrogen) atoms. The molecule has 0 aliphatic heterocycles. The Morgan fingerprint density at radius 1 is 1.75 bits per heavy atom. The number of carbonyl (C=O) groups is 1. The maximum Gasteiger partial charge on any atom is 0.308 e. The van der Waals surface area contributed by atoms with Gasteiger partial charge in [-0.2, -0.15) is 0 Å². The molecule has 0 bridgehead atoms. The van der Waals surface area contributed by atoms with Crippen LogP contribution in [0.5, 0.6) is 0 Å². The largest absolute Gasteiger partial charge is 0.481 e. The smallest absolute Gasteiger partial charge is 0.308 e. The molecule has 43 valence electrons. The van der Waals surface area contributed by atoms with Crippen molar-refractivity contribution in [2.75, 3.05) is 6.61 Å². The second kappa shape index (κ2) is 5.56. The van der Waals surface area contributed by atoms with Crippen molar-refractivity contribution in [3.05, 3.63) is 0 Å². The van der Waals surface area contributed by atoms with Gasteiger partial charge < -0.3 is 10.2 Å². The van der Waals surface area contributed by atoms with Crippen molar-refractivity contribution >= 4 is 35.5 Å². The van der Waals surface area contributed by atoms with Gasteiger partial charge in [0.1, 0.15) is 0 Å². The minimum atomic E-state index is -0.956. The Balaban J connectivity index is 0. The van der Waals surface area contributed by atoms with E-state index < -0.39 is 11.9 Å². The molecule has 0 fully saturated rings. The predicted molar refractivity (Wildman–Crippen MR) is 29.6 cm³/mol. The minimum Gasteiger partial charge on any atom is -0.481 e. The van der Waals surface area contributed by atoms with Crippen molar-refractivity contribution in [2.45, 2.75) is 6.92 Å². The Labute approximate surface area is 70.0 Å². The van der Waals surface area contributed by atoms with E-state index in [1.54, 1.807) is 0 Å². The first kappa shape index (κ1) is 11.3. The van der Waals surface area contributed by atoms with Crippen LogP contribution >= 0.6 is 0 Å². The number of rotatable bonds is 2. The van der Waals surface area contributed by atoms with Gasteiger partial charge in [0.15, 0.2) is 0 Å². The molecule has 0 aromatic rings. The molecule has 0 saturated heterocycles. The molecule has 0 aliphatic carbocycles. The molecule has 0 aromatic heterocycles. The number of carboxylic acids is 1. The molecule has 0 saturated carbocycles. The molecule has 1 radical (unpaired) electrons. The Hall–Kier alpha value is 0.430. The van der Waals surface area contributed by atoms with Gasteiger partial charge in [-0.1, -0.05) is 0 Å². The standard InChI is InChI=1S/C4H8O3.Na/c1-3(2-5)4(6)7;/h3,5H,2H2,1H3,(H,6,7);/t3-;/m1./s1. The van der Waals surface area contributed by atoms with E-state index in [0.717, 1.165) is 0 Å². The molecule has 0 aliphatic rings. The van der Waals surface area contributed by atoms with Crippen LogP contribution in [0.4, 0.5) is 0 Å². The number of hydrogen-bond donors (Lipinski definition) is 2. The average molecular weight is 127 g/mol. The van der Waals surface area contributed by atoms with Crippen molar-refractivity contribution < 1.29 is 15.0 Å². The van der Waals surface area contributed by atoms with Crippen LogP contribution in [0.2, 0.25) is 0 Å². The predicted octanol–water partition coefficient (Wildman–Crippen LogP) is -0.681. The van der Waals surface area contributed by atoms with Gasteiger partial charge in [0.05, 0.1) is 12.5 Å². The van der Waals surface area contributed by atoms with Crippen LogP contribution in [0.3, 0.4) is 0 Å². The maximum absolute atomic E-state index is 9.77. The van der Waals surface area contributed by atoms with Gasteiger partial charge in [0, 0.05) is 29.6 Å². The van der Waals surface area contributed by atoms with E-state index in [4.69, 9.17) is 10.2 Å². The number of aliphatic carboxylic acids is 1. The van der Waals surface area contributed by atoms with Gasteiger partial charge in [0.2, 0.25) is 0 Å². The molecule has 0 rings (SSSR count). The number of hydrogen-bond acceptors (Lipinski definition) is 2. The molecular weight excluding hydrogens is 119 g/mol. The van der Waals surface area contributed by atoms with Crippen molar-refractivity contribution in [3.63, 3.8) is 0 Å². The second-order valence-corrected chi connectivity index (χ2v) is 1.42. The molecule has 0 unspecified atom stereocenters. The van der Waals surface area contributed by atoms with Gasteiger partial charge in [0.25, 0.3) is 0 Å². The maximum atomic E-state index is 9.77. The molecule has 2 N–H and O–H groups in total. The van der Waals surface area contributed by atoms with Crippen LogP contribution < -0.4 is 0 Å². The first-order valence-electron chi connectivity index (χ1n) is 2.02. The summed E-state index contributed by atoms with van der Waals surface area (Å²) in [6.45, 7) is 1.16. The molecule has 0 spiro atoms. The third-order valence-corrected chi connectivity index (χ3v) is 0.695. The second-order valence-electron chi connectivity index (χ2n) is 1.42. The topological polar surface area (TPSA) is 57.5 Å². The Bertz CT molecular complexity index is 73.7. The Morgan fingerprint density at radius 2 is 2.12 bits per heavy atom.